The van der Waals surface area contributed by atoms with Gasteiger partial charge < -0.3 is 4.74 Å². The summed E-state index contributed by atoms with van der Waals surface area (Å²) in [5.41, 5.74) is 1.99. The molecule has 0 aromatic carbocycles. The van der Waals surface area contributed by atoms with Crippen LogP contribution in [-0.2, 0) is 20.3 Å². The zero-order valence-corrected chi connectivity index (χ0v) is 18.5. The normalized spacial score (nSPS) is 15.4. The number of alkyl halides is 3. The maximum absolute atomic E-state index is 13.4. The Morgan fingerprint density at radius 1 is 1.15 bits per heavy atom. The second-order valence-electron chi connectivity index (χ2n) is 7.85. The molecule has 34 heavy (non-hydrogen) atoms. The van der Waals surface area contributed by atoms with Crippen LogP contribution in [0, 0.1) is 6.92 Å². The third kappa shape index (κ3) is 2.84. The van der Waals surface area contributed by atoms with Gasteiger partial charge in [0.2, 0.25) is 17.6 Å². The summed E-state index contributed by atoms with van der Waals surface area (Å²) in [5, 5.41) is 19.1. The minimum absolute atomic E-state index is 0.0778. The summed E-state index contributed by atoms with van der Waals surface area (Å²) in [6.45, 7) is 1.86. The molecular weight excluding hydrogens is 477 g/mol. The van der Waals surface area contributed by atoms with E-state index in [0.717, 1.165) is 23.9 Å². The van der Waals surface area contributed by atoms with Gasteiger partial charge in [-0.15, -0.1) is 10.2 Å². The number of nitrogens with zero attached hydrogens (tertiary/aromatic N) is 9. The predicted molar refractivity (Wildman–Crippen MR) is 111 cm³/mol. The second kappa shape index (κ2) is 6.79. The maximum Gasteiger partial charge on any atom is 0.434 e. The summed E-state index contributed by atoms with van der Waals surface area (Å²) in [6, 6.07) is 0. The van der Waals surface area contributed by atoms with E-state index in [1.807, 2.05) is 13.1 Å². The third-order valence-electron chi connectivity index (χ3n) is 5.65. The number of halogens is 4. The lowest BCUT2D eigenvalue weighted by atomic mass is 9.86. The van der Waals surface area contributed by atoms with Crippen molar-refractivity contribution in [3.05, 3.63) is 51.8 Å². The number of aromatic amines is 1. The molecule has 174 valence electrons. The van der Waals surface area contributed by atoms with Crippen LogP contribution in [0.15, 0.2) is 18.7 Å². The number of aryl methyl sites for hydroxylation is 3. The Morgan fingerprint density at radius 2 is 1.94 bits per heavy atom. The number of hydrogen-bond donors (Lipinski definition) is 1. The first-order valence-corrected chi connectivity index (χ1v) is 10.3. The molecule has 0 amide bonds. The molecule has 0 fully saturated rings. The van der Waals surface area contributed by atoms with E-state index in [4.69, 9.17) is 16.3 Å². The first-order valence-electron chi connectivity index (χ1n) is 9.90. The fourth-order valence-electron chi connectivity index (χ4n) is 4.23. The van der Waals surface area contributed by atoms with Gasteiger partial charge in [-0.3, -0.25) is 14.5 Å². The van der Waals surface area contributed by atoms with Crippen LogP contribution < -0.4 is 4.74 Å². The highest BCUT2D eigenvalue weighted by Gasteiger charge is 2.41. The van der Waals surface area contributed by atoms with E-state index >= 15 is 0 Å². The monoisotopic (exact) mass is 490 g/mol. The van der Waals surface area contributed by atoms with E-state index in [1.54, 1.807) is 17.9 Å². The molecule has 1 atom stereocenters. The number of hydrogen-bond acceptors (Lipinski definition) is 7. The minimum atomic E-state index is -4.69. The Balaban J connectivity index is 1.59. The molecule has 6 heterocycles. The Hall–Kier alpha value is -3.94. The van der Waals surface area contributed by atoms with Gasteiger partial charge >= 0.3 is 6.18 Å². The van der Waals surface area contributed by atoms with Crippen LogP contribution in [-0.4, -0.2) is 49.3 Å². The summed E-state index contributed by atoms with van der Waals surface area (Å²) >= 11 is 6.06. The molecule has 1 aliphatic rings. The molecule has 0 saturated heterocycles. The van der Waals surface area contributed by atoms with E-state index < -0.39 is 22.8 Å². The van der Waals surface area contributed by atoms with E-state index in [-0.39, 0.29) is 17.4 Å². The first kappa shape index (κ1) is 20.7. The molecule has 0 bridgehead atoms. The highest BCUT2D eigenvalue weighted by Crippen LogP contribution is 2.48. The summed E-state index contributed by atoms with van der Waals surface area (Å²) in [4.78, 5) is 8.86. The molecule has 0 aliphatic carbocycles. The van der Waals surface area contributed by atoms with Crippen molar-refractivity contribution < 1.29 is 17.9 Å². The lowest BCUT2D eigenvalue weighted by molar-refractivity contribution is -0.143. The van der Waals surface area contributed by atoms with Crippen LogP contribution in [0.1, 0.15) is 34.0 Å². The van der Waals surface area contributed by atoms with Crippen molar-refractivity contribution in [2.45, 2.75) is 19.0 Å². The Labute approximate surface area is 193 Å². The van der Waals surface area contributed by atoms with E-state index in [9.17, 15) is 13.2 Å². The lowest BCUT2D eigenvalue weighted by Crippen LogP contribution is -2.14. The van der Waals surface area contributed by atoms with Crippen molar-refractivity contribution in [1.29, 1.82) is 0 Å². The molecule has 5 aromatic rings. The molecule has 1 aliphatic heterocycles. The molecular formula is C19H14ClF3N10O. The number of ether oxygens (including phenoxy) is 1. The SMILES string of the molecule is Cc1[nH]nc2c1[C@@H](c1cnn(C)c1)c1c(ncn3nc(-c4nn(C)c(C(F)(F)F)c4Cl)nc13)O2. The van der Waals surface area contributed by atoms with Gasteiger partial charge in [-0.1, -0.05) is 11.6 Å². The van der Waals surface area contributed by atoms with Crippen molar-refractivity contribution in [1.82, 2.24) is 49.3 Å². The topological polar surface area (TPSA) is 117 Å². The van der Waals surface area contributed by atoms with E-state index in [0.29, 0.717) is 21.8 Å². The number of H-pyrrole nitrogens is 1. The highest BCUT2D eigenvalue weighted by molar-refractivity contribution is 6.33. The number of nitrogens with one attached hydrogen (secondary N) is 1. The van der Waals surface area contributed by atoms with Crippen molar-refractivity contribution in [2.24, 2.45) is 14.1 Å². The van der Waals surface area contributed by atoms with Gasteiger partial charge in [-0.2, -0.15) is 23.4 Å². The quantitative estimate of drug-likeness (QED) is 0.396. The van der Waals surface area contributed by atoms with Crippen LogP contribution in [0.5, 0.6) is 11.8 Å². The molecule has 0 saturated carbocycles. The van der Waals surface area contributed by atoms with E-state index in [2.05, 4.69) is 35.5 Å². The van der Waals surface area contributed by atoms with Crippen LogP contribution in [0.4, 0.5) is 13.2 Å². The largest absolute Gasteiger partial charge is 0.434 e. The fraction of sp³-hybridized carbons (Fsp3) is 0.263. The summed E-state index contributed by atoms with van der Waals surface area (Å²) in [6.07, 6.45) is 0.229. The fourth-order valence-corrected chi connectivity index (χ4v) is 4.59. The predicted octanol–water partition coefficient (Wildman–Crippen LogP) is 3.25. The Morgan fingerprint density at radius 3 is 2.62 bits per heavy atom. The molecule has 0 spiro atoms. The van der Waals surface area contributed by atoms with E-state index in [1.165, 1.54) is 10.8 Å². The molecule has 6 rings (SSSR count). The van der Waals surface area contributed by atoms with Gasteiger partial charge in [0.05, 0.1) is 17.7 Å². The third-order valence-corrected chi connectivity index (χ3v) is 6.00. The molecule has 1 N–H and O–H groups in total. The Bertz CT molecular complexity index is 1590. The first-order chi connectivity index (χ1) is 16.1. The van der Waals surface area contributed by atoms with Crippen LogP contribution in [0.2, 0.25) is 5.02 Å². The smallest absolute Gasteiger partial charge is 0.418 e. The van der Waals surface area contributed by atoms with Crippen molar-refractivity contribution >= 4 is 17.2 Å². The van der Waals surface area contributed by atoms with Crippen molar-refractivity contribution in [3.8, 4) is 23.3 Å². The van der Waals surface area contributed by atoms with Crippen LogP contribution in [0.25, 0.3) is 17.2 Å². The van der Waals surface area contributed by atoms with Crippen molar-refractivity contribution in [2.75, 3.05) is 0 Å². The van der Waals surface area contributed by atoms with Crippen molar-refractivity contribution in [3.63, 3.8) is 0 Å². The molecule has 0 radical (unpaired) electrons. The average Bonchev–Trinajstić information content (AvgIpc) is 3.52. The summed E-state index contributed by atoms with van der Waals surface area (Å²) in [7, 11) is 2.95. The van der Waals surface area contributed by atoms with Gasteiger partial charge in [0, 0.05) is 37.1 Å². The van der Waals surface area contributed by atoms with Gasteiger partial charge in [0.1, 0.15) is 11.3 Å². The second-order valence-corrected chi connectivity index (χ2v) is 8.23. The maximum atomic E-state index is 13.4. The molecule has 11 nitrogen and oxygen atoms in total. The van der Waals surface area contributed by atoms with Crippen LogP contribution >= 0.6 is 11.6 Å². The minimum Gasteiger partial charge on any atom is -0.418 e. The van der Waals surface area contributed by atoms with Gasteiger partial charge in [0.15, 0.2) is 17.0 Å². The zero-order chi connectivity index (χ0) is 23.9. The number of fused-ring (bicyclic) bond motifs is 4. The number of rotatable bonds is 2. The standard InChI is InChI=1S/C19H14ClF3N10O/c1-7-9-10(8-4-25-31(2)5-8)11-16-26-15(13-12(20)14(19(21,22)23)32(3)29-13)30-33(16)6-24-17(11)34-18(9)28-27-7/h4-6,10H,1-3H3,(H,27,28)/t10-/m1/s1. The molecule has 15 heteroatoms. The highest BCUT2D eigenvalue weighted by atomic mass is 35.5. The molecule has 0 unspecified atom stereocenters. The Kier molecular flexibility index (Phi) is 4.12. The summed E-state index contributed by atoms with van der Waals surface area (Å²) in [5.74, 6) is 0.135. The molecule has 5 aromatic heterocycles. The zero-order valence-electron chi connectivity index (χ0n) is 17.8. The van der Waals surface area contributed by atoms with Crippen LogP contribution in [0.3, 0.4) is 0 Å². The number of aromatic nitrogens is 10. The lowest BCUT2D eigenvalue weighted by Gasteiger charge is -2.24. The van der Waals surface area contributed by atoms with Gasteiger partial charge in [-0.05, 0) is 6.92 Å². The average molecular weight is 491 g/mol. The van der Waals surface area contributed by atoms with Gasteiger partial charge in [0.25, 0.3) is 0 Å². The van der Waals surface area contributed by atoms with Gasteiger partial charge in [-0.25, -0.2) is 14.5 Å². The summed E-state index contributed by atoms with van der Waals surface area (Å²) < 4.78 is 49.9.